The third-order valence-electron chi connectivity index (χ3n) is 2.95. The number of carbonyl (C=O) groups excluding carboxylic acids is 1. The normalized spacial score (nSPS) is 11.0. The number of hydrogen-bond acceptors (Lipinski definition) is 3. The minimum absolute atomic E-state index is 0.0772. The Kier molecular flexibility index (Phi) is 7.61. The van der Waals surface area contributed by atoms with Gasteiger partial charge in [0.2, 0.25) is 0 Å². The molecule has 0 saturated heterocycles. The molecule has 1 aromatic rings. The number of likely N-dealkylation sites (N-methyl/N-ethyl adjacent to an activating group) is 1. The first kappa shape index (κ1) is 16.6. The van der Waals surface area contributed by atoms with Crippen molar-refractivity contribution in [3.63, 3.8) is 0 Å². The molecule has 0 aliphatic heterocycles. The number of halogens is 2. The highest BCUT2D eigenvalue weighted by atomic mass is 79.9. The van der Waals surface area contributed by atoms with Crippen LogP contribution in [-0.4, -0.2) is 44.0 Å². The second kappa shape index (κ2) is 8.69. The standard InChI is InChI=1S/C14H19BrClNO2/c1-3-17(8-9-19-2)7-6-14(18)12-5-4-11(15)10-13(12)16/h4-5,10H,3,6-9H2,1-2H3. The zero-order valence-electron chi connectivity index (χ0n) is 11.3. The molecule has 1 aromatic carbocycles. The van der Waals surface area contributed by atoms with E-state index in [1.807, 2.05) is 6.07 Å². The van der Waals surface area contributed by atoms with E-state index in [0.717, 1.165) is 24.1 Å². The van der Waals surface area contributed by atoms with Crippen LogP contribution in [0.1, 0.15) is 23.7 Å². The van der Waals surface area contributed by atoms with Crippen LogP contribution in [0.25, 0.3) is 0 Å². The first-order valence-electron chi connectivity index (χ1n) is 6.28. The summed E-state index contributed by atoms with van der Waals surface area (Å²) in [7, 11) is 1.68. The smallest absolute Gasteiger partial charge is 0.165 e. The van der Waals surface area contributed by atoms with E-state index in [0.29, 0.717) is 23.6 Å². The van der Waals surface area contributed by atoms with Crippen LogP contribution in [0.15, 0.2) is 22.7 Å². The Bertz CT molecular complexity index is 426. The van der Waals surface area contributed by atoms with Gasteiger partial charge in [-0.25, -0.2) is 0 Å². The van der Waals surface area contributed by atoms with Gasteiger partial charge in [0, 0.05) is 36.7 Å². The van der Waals surface area contributed by atoms with Gasteiger partial charge < -0.3 is 9.64 Å². The maximum Gasteiger partial charge on any atom is 0.165 e. The van der Waals surface area contributed by atoms with E-state index in [1.165, 1.54) is 0 Å². The van der Waals surface area contributed by atoms with Crippen molar-refractivity contribution in [3.05, 3.63) is 33.3 Å². The Morgan fingerprint density at radius 2 is 2.16 bits per heavy atom. The molecule has 0 aliphatic rings. The van der Waals surface area contributed by atoms with E-state index in [1.54, 1.807) is 19.2 Å². The molecular weight excluding hydrogens is 330 g/mol. The van der Waals surface area contributed by atoms with Crippen molar-refractivity contribution in [2.75, 3.05) is 33.4 Å². The summed E-state index contributed by atoms with van der Waals surface area (Å²) in [5.74, 6) is 0.0772. The van der Waals surface area contributed by atoms with Crippen LogP contribution in [0.3, 0.4) is 0 Å². The molecule has 106 valence electrons. The van der Waals surface area contributed by atoms with E-state index in [2.05, 4.69) is 27.8 Å². The largest absolute Gasteiger partial charge is 0.383 e. The summed E-state index contributed by atoms with van der Waals surface area (Å²) in [6.07, 6.45) is 0.471. The summed E-state index contributed by atoms with van der Waals surface area (Å²) < 4.78 is 5.92. The lowest BCUT2D eigenvalue weighted by molar-refractivity contribution is 0.0952. The first-order chi connectivity index (χ1) is 9.08. The number of hydrogen-bond donors (Lipinski definition) is 0. The van der Waals surface area contributed by atoms with Gasteiger partial charge in [-0.3, -0.25) is 4.79 Å². The van der Waals surface area contributed by atoms with Crippen LogP contribution in [0, 0.1) is 0 Å². The number of nitrogens with zero attached hydrogens (tertiary/aromatic N) is 1. The average Bonchev–Trinajstić information content (AvgIpc) is 2.38. The molecule has 0 amide bonds. The fraction of sp³-hybridized carbons (Fsp3) is 0.500. The van der Waals surface area contributed by atoms with Crippen LogP contribution in [0.2, 0.25) is 5.02 Å². The van der Waals surface area contributed by atoms with Gasteiger partial charge in [-0.1, -0.05) is 34.5 Å². The number of carbonyl (C=O) groups is 1. The number of rotatable bonds is 8. The number of benzene rings is 1. The molecule has 0 saturated carbocycles. The highest BCUT2D eigenvalue weighted by Crippen LogP contribution is 2.22. The number of methoxy groups -OCH3 is 1. The summed E-state index contributed by atoms with van der Waals surface area (Å²) >= 11 is 9.40. The second-order valence-corrected chi connectivity index (χ2v) is 5.55. The fourth-order valence-electron chi connectivity index (χ4n) is 1.76. The number of ketones is 1. The van der Waals surface area contributed by atoms with Crippen molar-refractivity contribution in [3.8, 4) is 0 Å². The van der Waals surface area contributed by atoms with Crippen molar-refractivity contribution < 1.29 is 9.53 Å². The van der Waals surface area contributed by atoms with Gasteiger partial charge in [0.1, 0.15) is 0 Å². The lowest BCUT2D eigenvalue weighted by Crippen LogP contribution is -2.29. The number of Topliss-reactive ketones (excluding diaryl/α,β-unsaturated/α-hetero) is 1. The van der Waals surface area contributed by atoms with Crippen LogP contribution in [0.5, 0.6) is 0 Å². The van der Waals surface area contributed by atoms with Crippen LogP contribution in [-0.2, 0) is 4.74 Å². The molecule has 0 atom stereocenters. The van der Waals surface area contributed by atoms with E-state index in [9.17, 15) is 4.79 Å². The zero-order valence-corrected chi connectivity index (χ0v) is 13.6. The zero-order chi connectivity index (χ0) is 14.3. The molecule has 0 aromatic heterocycles. The predicted octanol–water partition coefficient (Wildman–Crippen LogP) is 3.64. The molecule has 0 heterocycles. The van der Waals surface area contributed by atoms with Crippen molar-refractivity contribution in [2.45, 2.75) is 13.3 Å². The highest BCUT2D eigenvalue weighted by Gasteiger charge is 2.12. The molecule has 1 rings (SSSR count). The number of ether oxygens (including phenoxy) is 1. The Hall–Kier alpha value is -0.420. The van der Waals surface area contributed by atoms with Gasteiger partial charge in [-0.15, -0.1) is 0 Å². The maximum atomic E-state index is 12.1. The maximum absolute atomic E-state index is 12.1. The van der Waals surface area contributed by atoms with E-state index < -0.39 is 0 Å². The minimum Gasteiger partial charge on any atom is -0.383 e. The Morgan fingerprint density at radius 1 is 1.42 bits per heavy atom. The Morgan fingerprint density at radius 3 is 2.74 bits per heavy atom. The minimum atomic E-state index is 0.0772. The summed E-state index contributed by atoms with van der Waals surface area (Å²) in [5, 5.41) is 0.499. The molecule has 0 spiro atoms. The Balaban J connectivity index is 2.54. The van der Waals surface area contributed by atoms with Gasteiger partial charge in [0.05, 0.1) is 11.6 Å². The molecule has 0 fully saturated rings. The van der Waals surface area contributed by atoms with Crippen LogP contribution >= 0.6 is 27.5 Å². The molecule has 0 bridgehead atoms. The van der Waals surface area contributed by atoms with Crippen molar-refractivity contribution >= 4 is 33.3 Å². The first-order valence-corrected chi connectivity index (χ1v) is 7.45. The van der Waals surface area contributed by atoms with E-state index in [4.69, 9.17) is 16.3 Å². The van der Waals surface area contributed by atoms with Gasteiger partial charge in [-0.2, -0.15) is 0 Å². The average molecular weight is 349 g/mol. The third-order valence-corrected chi connectivity index (χ3v) is 3.75. The quantitative estimate of drug-likeness (QED) is 0.672. The fourth-order valence-corrected chi connectivity index (χ4v) is 2.54. The third kappa shape index (κ3) is 5.61. The van der Waals surface area contributed by atoms with Gasteiger partial charge in [-0.05, 0) is 24.7 Å². The molecular formula is C14H19BrClNO2. The molecule has 0 unspecified atom stereocenters. The highest BCUT2D eigenvalue weighted by molar-refractivity contribution is 9.10. The van der Waals surface area contributed by atoms with Gasteiger partial charge in [0.25, 0.3) is 0 Å². The van der Waals surface area contributed by atoms with Gasteiger partial charge >= 0.3 is 0 Å². The van der Waals surface area contributed by atoms with Crippen LogP contribution < -0.4 is 0 Å². The molecule has 0 aliphatic carbocycles. The monoisotopic (exact) mass is 347 g/mol. The van der Waals surface area contributed by atoms with Crippen LogP contribution in [0.4, 0.5) is 0 Å². The Labute approximate surface area is 128 Å². The second-order valence-electron chi connectivity index (χ2n) is 4.22. The predicted molar refractivity (Wildman–Crippen MR) is 82.1 cm³/mol. The lowest BCUT2D eigenvalue weighted by atomic mass is 10.1. The summed E-state index contributed by atoms with van der Waals surface area (Å²) in [5.41, 5.74) is 0.590. The summed E-state index contributed by atoms with van der Waals surface area (Å²) in [6.45, 7) is 5.23. The topological polar surface area (TPSA) is 29.5 Å². The van der Waals surface area contributed by atoms with E-state index >= 15 is 0 Å². The summed E-state index contributed by atoms with van der Waals surface area (Å²) in [4.78, 5) is 14.3. The molecule has 0 radical (unpaired) electrons. The molecule has 19 heavy (non-hydrogen) atoms. The van der Waals surface area contributed by atoms with Crippen molar-refractivity contribution in [1.82, 2.24) is 4.90 Å². The molecule has 5 heteroatoms. The molecule has 0 N–H and O–H groups in total. The summed E-state index contributed by atoms with van der Waals surface area (Å²) in [6, 6.07) is 5.35. The van der Waals surface area contributed by atoms with Crippen molar-refractivity contribution in [2.24, 2.45) is 0 Å². The van der Waals surface area contributed by atoms with Gasteiger partial charge in [0.15, 0.2) is 5.78 Å². The van der Waals surface area contributed by atoms with Crippen molar-refractivity contribution in [1.29, 1.82) is 0 Å². The van der Waals surface area contributed by atoms with E-state index in [-0.39, 0.29) is 5.78 Å². The SMILES string of the molecule is CCN(CCOC)CCC(=O)c1ccc(Br)cc1Cl. The molecule has 3 nitrogen and oxygen atoms in total. The lowest BCUT2D eigenvalue weighted by Gasteiger charge is -2.19.